The van der Waals surface area contributed by atoms with Gasteiger partial charge in [0.15, 0.2) is 0 Å². The molecule has 0 spiro atoms. The monoisotopic (exact) mass is 210 g/mol. The van der Waals surface area contributed by atoms with Crippen LogP contribution in [-0.4, -0.2) is 27.0 Å². The van der Waals surface area contributed by atoms with Crippen molar-refractivity contribution in [2.75, 3.05) is 26.3 Å². The predicted octanol–water partition coefficient (Wildman–Crippen LogP) is 1.42. The van der Waals surface area contributed by atoms with Gasteiger partial charge in [-0.3, -0.25) is 0 Å². The molecular weight excluding hydrogens is 196 g/mol. The summed E-state index contributed by atoms with van der Waals surface area (Å²) in [6.45, 7) is 0.168. The molecule has 0 aliphatic rings. The summed E-state index contributed by atoms with van der Waals surface area (Å²) in [5.74, 6) is 0.616. The lowest BCUT2D eigenvalue weighted by atomic mass is 10.3. The second-order valence-corrected chi connectivity index (χ2v) is 2.76. The zero-order valence-electron chi connectivity index (χ0n) is 8.74. The maximum Gasteiger partial charge on any atom is 0.321 e. The molecule has 0 saturated heterocycles. The van der Waals surface area contributed by atoms with E-state index in [1.165, 1.54) is 7.11 Å². The first-order valence-electron chi connectivity index (χ1n) is 4.44. The van der Waals surface area contributed by atoms with E-state index in [4.69, 9.17) is 9.47 Å². The van der Waals surface area contributed by atoms with Crippen LogP contribution < -0.4 is 15.4 Å². The molecule has 1 aromatic rings. The smallest absolute Gasteiger partial charge is 0.321 e. The van der Waals surface area contributed by atoms with Crippen LogP contribution in [-0.2, 0) is 4.74 Å². The minimum Gasteiger partial charge on any atom is -0.495 e. The van der Waals surface area contributed by atoms with E-state index in [-0.39, 0.29) is 12.8 Å². The number of methoxy groups -OCH3 is 2. The number of hydrogen-bond donors (Lipinski definition) is 2. The van der Waals surface area contributed by atoms with Crippen molar-refractivity contribution in [2.24, 2.45) is 0 Å². The van der Waals surface area contributed by atoms with Crippen molar-refractivity contribution in [2.45, 2.75) is 0 Å². The van der Waals surface area contributed by atoms with Crippen LogP contribution in [0.4, 0.5) is 10.5 Å². The molecule has 5 nitrogen and oxygen atoms in total. The maximum absolute atomic E-state index is 11.3. The topological polar surface area (TPSA) is 59.6 Å². The summed E-state index contributed by atoms with van der Waals surface area (Å²) in [6.07, 6.45) is 0. The fourth-order valence-electron chi connectivity index (χ4n) is 1.05. The quantitative estimate of drug-likeness (QED) is 0.739. The van der Waals surface area contributed by atoms with Crippen molar-refractivity contribution < 1.29 is 14.3 Å². The molecule has 0 fully saturated rings. The Morgan fingerprint density at radius 3 is 2.73 bits per heavy atom. The standard InChI is InChI=1S/C10H14N2O3/c1-14-7-11-10(13)12-8-5-3-4-6-9(8)15-2/h3-6H,7H2,1-2H3,(H2,11,12,13). The van der Waals surface area contributed by atoms with Crippen LogP contribution in [0, 0.1) is 0 Å². The number of carbonyl (C=O) groups excluding carboxylic acids is 1. The minimum absolute atomic E-state index is 0.168. The molecule has 2 amide bonds. The Kier molecular flexibility index (Phi) is 4.43. The second-order valence-electron chi connectivity index (χ2n) is 2.76. The molecule has 0 unspecified atom stereocenters. The van der Waals surface area contributed by atoms with E-state index in [1.807, 2.05) is 12.1 Å². The highest BCUT2D eigenvalue weighted by atomic mass is 16.5. The Morgan fingerprint density at radius 2 is 2.07 bits per heavy atom. The number of ether oxygens (including phenoxy) is 2. The molecule has 0 aliphatic carbocycles. The highest BCUT2D eigenvalue weighted by Gasteiger charge is 2.04. The number of carbonyl (C=O) groups is 1. The summed E-state index contributed by atoms with van der Waals surface area (Å²) in [7, 11) is 3.05. The average Bonchev–Trinajstić information content (AvgIpc) is 2.27. The third kappa shape index (κ3) is 3.47. The molecule has 0 bridgehead atoms. The fraction of sp³-hybridized carbons (Fsp3) is 0.300. The van der Waals surface area contributed by atoms with Crippen LogP contribution >= 0.6 is 0 Å². The van der Waals surface area contributed by atoms with Crippen LogP contribution in [0.5, 0.6) is 5.75 Å². The van der Waals surface area contributed by atoms with Gasteiger partial charge in [0, 0.05) is 7.11 Å². The first-order chi connectivity index (χ1) is 7.27. The fourth-order valence-corrected chi connectivity index (χ4v) is 1.05. The molecule has 15 heavy (non-hydrogen) atoms. The van der Waals surface area contributed by atoms with Gasteiger partial charge in [-0.1, -0.05) is 12.1 Å². The summed E-state index contributed by atoms with van der Waals surface area (Å²) in [6, 6.07) is 6.84. The molecular formula is C10H14N2O3. The number of para-hydroxylation sites is 2. The van der Waals surface area contributed by atoms with Crippen LogP contribution in [0.3, 0.4) is 0 Å². The highest BCUT2D eigenvalue weighted by molar-refractivity contribution is 5.90. The van der Waals surface area contributed by atoms with E-state index in [2.05, 4.69) is 10.6 Å². The Balaban J connectivity index is 2.59. The van der Waals surface area contributed by atoms with Crippen molar-refractivity contribution in [1.29, 1.82) is 0 Å². The minimum atomic E-state index is -0.332. The number of anilines is 1. The Morgan fingerprint density at radius 1 is 1.33 bits per heavy atom. The predicted molar refractivity (Wildman–Crippen MR) is 57.0 cm³/mol. The molecule has 82 valence electrons. The van der Waals surface area contributed by atoms with E-state index < -0.39 is 0 Å². The van der Waals surface area contributed by atoms with Gasteiger partial charge in [-0.15, -0.1) is 0 Å². The van der Waals surface area contributed by atoms with Crippen LogP contribution in [0.1, 0.15) is 0 Å². The van der Waals surface area contributed by atoms with Crippen molar-refractivity contribution >= 4 is 11.7 Å². The molecule has 0 heterocycles. The van der Waals surface area contributed by atoms with Gasteiger partial charge in [-0.2, -0.15) is 0 Å². The largest absolute Gasteiger partial charge is 0.495 e. The summed E-state index contributed by atoms with van der Waals surface area (Å²) in [5, 5.41) is 5.15. The van der Waals surface area contributed by atoms with Crippen LogP contribution in [0.2, 0.25) is 0 Å². The van der Waals surface area contributed by atoms with Gasteiger partial charge in [0.2, 0.25) is 0 Å². The molecule has 1 rings (SSSR count). The summed E-state index contributed by atoms with van der Waals surface area (Å²) < 4.78 is 9.78. The molecule has 0 atom stereocenters. The van der Waals surface area contributed by atoms with Crippen LogP contribution in [0.25, 0.3) is 0 Å². The zero-order valence-corrected chi connectivity index (χ0v) is 8.74. The van der Waals surface area contributed by atoms with Crippen molar-refractivity contribution in [3.05, 3.63) is 24.3 Å². The molecule has 1 aromatic carbocycles. The van der Waals surface area contributed by atoms with E-state index in [9.17, 15) is 4.79 Å². The molecule has 0 radical (unpaired) electrons. The van der Waals surface area contributed by atoms with Crippen molar-refractivity contribution in [3.63, 3.8) is 0 Å². The molecule has 0 saturated carbocycles. The lowest BCUT2D eigenvalue weighted by molar-refractivity contribution is 0.177. The first-order valence-corrected chi connectivity index (χ1v) is 4.44. The first kappa shape index (κ1) is 11.3. The van der Waals surface area contributed by atoms with Crippen molar-refractivity contribution in [1.82, 2.24) is 5.32 Å². The lowest BCUT2D eigenvalue weighted by Crippen LogP contribution is -2.30. The van der Waals surface area contributed by atoms with Gasteiger partial charge in [0.25, 0.3) is 0 Å². The van der Waals surface area contributed by atoms with Gasteiger partial charge >= 0.3 is 6.03 Å². The molecule has 5 heteroatoms. The Labute approximate surface area is 88.4 Å². The van der Waals surface area contributed by atoms with E-state index >= 15 is 0 Å². The summed E-state index contributed by atoms with van der Waals surface area (Å²) in [4.78, 5) is 11.3. The Bertz CT molecular complexity index is 328. The van der Waals surface area contributed by atoms with Gasteiger partial charge in [-0.05, 0) is 12.1 Å². The summed E-state index contributed by atoms with van der Waals surface area (Å²) in [5.41, 5.74) is 0.619. The second kappa shape index (κ2) is 5.87. The third-order valence-corrected chi connectivity index (χ3v) is 1.73. The number of hydrogen-bond acceptors (Lipinski definition) is 3. The highest BCUT2D eigenvalue weighted by Crippen LogP contribution is 2.22. The SMILES string of the molecule is COCNC(=O)Nc1ccccc1OC. The zero-order chi connectivity index (χ0) is 11.1. The number of benzene rings is 1. The summed E-state index contributed by atoms with van der Waals surface area (Å²) >= 11 is 0. The van der Waals surface area contributed by atoms with Gasteiger partial charge in [0.1, 0.15) is 12.5 Å². The van der Waals surface area contributed by atoms with Gasteiger partial charge < -0.3 is 20.1 Å². The average molecular weight is 210 g/mol. The molecule has 0 aliphatic heterocycles. The lowest BCUT2D eigenvalue weighted by Gasteiger charge is -2.10. The van der Waals surface area contributed by atoms with E-state index in [1.54, 1.807) is 19.2 Å². The third-order valence-electron chi connectivity index (χ3n) is 1.73. The number of nitrogens with one attached hydrogen (secondary N) is 2. The van der Waals surface area contributed by atoms with Crippen LogP contribution in [0.15, 0.2) is 24.3 Å². The van der Waals surface area contributed by atoms with E-state index in [0.29, 0.717) is 11.4 Å². The Hall–Kier alpha value is -1.75. The molecule has 0 aromatic heterocycles. The molecule has 2 N–H and O–H groups in total. The van der Waals surface area contributed by atoms with E-state index in [0.717, 1.165) is 0 Å². The number of urea groups is 1. The number of amides is 2. The normalized spacial score (nSPS) is 9.47. The maximum atomic E-state index is 11.3. The number of rotatable bonds is 4. The van der Waals surface area contributed by atoms with Gasteiger partial charge in [-0.25, -0.2) is 4.79 Å². The van der Waals surface area contributed by atoms with Crippen molar-refractivity contribution in [3.8, 4) is 5.75 Å². The van der Waals surface area contributed by atoms with Gasteiger partial charge in [0.05, 0.1) is 12.8 Å².